The minimum absolute atomic E-state index is 0.345. The summed E-state index contributed by atoms with van der Waals surface area (Å²) >= 11 is 3.31. The first-order valence-corrected chi connectivity index (χ1v) is 4.48. The number of methoxy groups -OCH3 is 1. The zero-order chi connectivity index (χ0) is 9.84. The van der Waals surface area contributed by atoms with E-state index in [1.807, 2.05) is 6.07 Å². The quantitative estimate of drug-likeness (QED) is 0.744. The van der Waals surface area contributed by atoms with E-state index in [4.69, 9.17) is 0 Å². The van der Waals surface area contributed by atoms with Gasteiger partial charge in [0.1, 0.15) is 0 Å². The van der Waals surface area contributed by atoms with Crippen LogP contribution >= 0.6 is 15.9 Å². The van der Waals surface area contributed by atoms with Crippen molar-refractivity contribution in [3.63, 3.8) is 0 Å². The molecule has 1 aromatic carbocycles. The van der Waals surface area contributed by atoms with Crippen LogP contribution in [0.5, 0.6) is 0 Å². The Morgan fingerprint density at radius 2 is 2.31 bits per heavy atom. The smallest absolute Gasteiger partial charge is 0.338 e. The van der Waals surface area contributed by atoms with Crippen molar-refractivity contribution in [2.45, 2.75) is 0 Å². The van der Waals surface area contributed by atoms with E-state index in [2.05, 4.69) is 27.2 Å². The van der Waals surface area contributed by atoms with Gasteiger partial charge in [-0.2, -0.15) is 0 Å². The molecule has 0 heterocycles. The zero-order valence-electron chi connectivity index (χ0n) is 7.21. The van der Waals surface area contributed by atoms with E-state index in [0.29, 0.717) is 5.56 Å². The maximum atomic E-state index is 11.2. The molecule has 0 aliphatic carbocycles. The van der Waals surface area contributed by atoms with Gasteiger partial charge in [-0.3, -0.25) is 0 Å². The van der Waals surface area contributed by atoms with Crippen LogP contribution in [0.15, 0.2) is 29.3 Å². The molecular formula is C10H9BrO2. The summed E-state index contributed by atoms with van der Waals surface area (Å²) < 4.78 is 5.53. The van der Waals surface area contributed by atoms with Crippen molar-refractivity contribution >= 4 is 28.0 Å². The lowest BCUT2D eigenvalue weighted by Gasteiger charge is -2.03. The van der Waals surface area contributed by atoms with Gasteiger partial charge in [0.15, 0.2) is 0 Å². The molecule has 13 heavy (non-hydrogen) atoms. The van der Waals surface area contributed by atoms with Crippen LogP contribution in [-0.4, -0.2) is 13.1 Å². The Morgan fingerprint density at radius 1 is 1.62 bits per heavy atom. The molecule has 0 saturated carbocycles. The summed E-state index contributed by atoms with van der Waals surface area (Å²) in [6, 6.07) is 5.31. The standard InChI is InChI=1S/C10H9BrO2/c1-3-7-6-8(11)4-5-9(7)10(12)13-2/h3-6H,1H2,2H3. The Labute approximate surface area is 85.3 Å². The number of halogens is 1. The monoisotopic (exact) mass is 240 g/mol. The van der Waals surface area contributed by atoms with E-state index < -0.39 is 0 Å². The third-order valence-corrected chi connectivity index (χ3v) is 2.13. The number of hydrogen-bond acceptors (Lipinski definition) is 2. The number of benzene rings is 1. The molecule has 2 nitrogen and oxygen atoms in total. The first kappa shape index (κ1) is 9.99. The van der Waals surface area contributed by atoms with Crippen molar-refractivity contribution in [1.29, 1.82) is 0 Å². The maximum absolute atomic E-state index is 11.2. The van der Waals surface area contributed by atoms with Gasteiger partial charge in [-0.05, 0) is 23.8 Å². The van der Waals surface area contributed by atoms with E-state index >= 15 is 0 Å². The first-order chi connectivity index (χ1) is 6.19. The van der Waals surface area contributed by atoms with E-state index in [0.717, 1.165) is 10.0 Å². The fraction of sp³-hybridized carbons (Fsp3) is 0.100. The summed E-state index contributed by atoms with van der Waals surface area (Å²) in [6.07, 6.45) is 1.62. The lowest BCUT2D eigenvalue weighted by molar-refractivity contribution is 0.0600. The zero-order valence-corrected chi connectivity index (χ0v) is 8.80. The fourth-order valence-corrected chi connectivity index (χ4v) is 1.38. The number of hydrogen-bond donors (Lipinski definition) is 0. The van der Waals surface area contributed by atoms with Crippen LogP contribution in [0.25, 0.3) is 6.08 Å². The maximum Gasteiger partial charge on any atom is 0.338 e. The van der Waals surface area contributed by atoms with Crippen LogP contribution in [0.1, 0.15) is 15.9 Å². The molecule has 1 rings (SSSR count). The van der Waals surface area contributed by atoms with Gasteiger partial charge in [0, 0.05) is 4.47 Å². The minimum atomic E-state index is -0.345. The highest BCUT2D eigenvalue weighted by molar-refractivity contribution is 9.10. The van der Waals surface area contributed by atoms with Gasteiger partial charge in [0.2, 0.25) is 0 Å². The van der Waals surface area contributed by atoms with Crippen LogP contribution in [0.2, 0.25) is 0 Å². The lowest BCUT2D eigenvalue weighted by Crippen LogP contribution is -2.03. The van der Waals surface area contributed by atoms with E-state index in [-0.39, 0.29) is 5.97 Å². The van der Waals surface area contributed by atoms with Crippen LogP contribution in [0.3, 0.4) is 0 Å². The van der Waals surface area contributed by atoms with Gasteiger partial charge in [0.05, 0.1) is 12.7 Å². The Morgan fingerprint density at radius 3 is 2.85 bits per heavy atom. The SMILES string of the molecule is C=Cc1cc(Br)ccc1C(=O)OC. The molecule has 68 valence electrons. The van der Waals surface area contributed by atoms with Crippen LogP contribution < -0.4 is 0 Å². The highest BCUT2D eigenvalue weighted by Gasteiger charge is 2.09. The van der Waals surface area contributed by atoms with Crippen molar-refractivity contribution in [2.24, 2.45) is 0 Å². The summed E-state index contributed by atoms with van der Waals surface area (Å²) in [5.41, 5.74) is 1.29. The average molecular weight is 241 g/mol. The highest BCUT2D eigenvalue weighted by atomic mass is 79.9. The molecule has 0 N–H and O–H groups in total. The second-order valence-electron chi connectivity index (χ2n) is 2.43. The number of ether oxygens (including phenoxy) is 1. The predicted octanol–water partition coefficient (Wildman–Crippen LogP) is 2.88. The Kier molecular flexibility index (Phi) is 3.25. The number of rotatable bonds is 2. The fourth-order valence-electron chi connectivity index (χ4n) is 0.998. The van der Waals surface area contributed by atoms with Gasteiger partial charge < -0.3 is 4.74 Å². The Bertz CT molecular complexity index is 345. The van der Waals surface area contributed by atoms with Crippen molar-refractivity contribution in [3.8, 4) is 0 Å². The Hall–Kier alpha value is -1.09. The van der Waals surface area contributed by atoms with Gasteiger partial charge >= 0.3 is 5.97 Å². The van der Waals surface area contributed by atoms with E-state index in [1.54, 1.807) is 18.2 Å². The third kappa shape index (κ3) is 2.18. The highest BCUT2D eigenvalue weighted by Crippen LogP contribution is 2.18. The number of esters is 1. The molecule has 3 heteroatoms. The number of carbonyl (C=O) groups is 1. The summed E-state index contributed by atoms with van der Waals surface area (Å²) in [7, 11) is 1.36. The molecule has 1 aromatic rings. The molecular weight excluding hydrogens is 232 g/mol. The molecule has 0 saturated heterocycles. The molecule has 0 aliphatic rings. The van der Waals surface area contributed by atoms with Crippen LogP contribution in [0, 0.1) is 0 Å². The topological polar surface area (TPSA) is 26.3 Å². The third-order valence-electron chi connectivity index (χ3n) is 1.64. The molecule has 0 fully saturated rings. The summed E-state index contributed by atoms with van der Waals surface area (Å²) in [4.78, 5) is 11.2. The van der Waals surface area contributed by atoms with Crippen molar-refractivity contribution in [3.05, 3.63) is 40.4 Å². The second kappa shape index (κ2) is 4.23. The number of carbonyl (C=O) groups excluding carboxylic acids is 1. The summed E-state index contributed by atoms with van der Waals surface area (Å²) in [5, 5.41) is 0. The molecule has 0 aromatic heterocycles. The molecule has 0 radical (unpaired) electrons. The molecule has 0 amide bonds. The first-order valence-electron chi connectivity index (χ1n) is 3.69. The molecule has 0 unspecified atom stereocenters. The van der Waals surface area contributed by atoms with Gasteiger partial charge in [-0.1, -0.05) is 28.6 Å². The largest absolute Gasteiger partial charge is 0.465 e. The predicted molar refractivity (Wildman–Crippen MR) is 55.6 cm³/mol. The van der Waals surface area contributed by atoms with E-state index in [9.17, 15) is 4.79 Å². The summed E-state index contributed by atoms with van der Waals surface area (Å²) in [6.45, 7) is 3.62. The van der Waals surface area contributed by atoms with Gasteiger partial charge in [-0.15, -0.1) is 0 Å². The average Bonchev–Trinajstić information content (AvgIpc) is 2.16. The van der Waals surface area contributed by atoms with Crippen LogP contribution in [-0.2, 0) is 4.74 Å². The van der Waals surface area contributed by atoms with Crippen LogP contribution in [0.4, 0.5) is 0 Å². The lowest BCUT2D eigenvalue weighted by atomic mass is 10.1. The Balaban J connectivity index is 3.20. The second-order valence-corrected chi connectivity index (χ2v) is 3.34. The molecule has 0 atom stereocenters. The molecule has 0 spiro atoms. The minimum Gasteiger partial charge on any atom is -0.465 e. The van der Waals surface area contributed by atoms with Gasteiger partial charge in [-0.25, -0.2) is 4.79 Å². The molecule has 0 bridgehead atoms. The molecule has 0 aliphatic heterocycles. The van der Waals surface area contributed by atoms with Crippen molar-refractivity contribution < 1.29 is 9.53 Å². The van der Waals surface area contributed by atoms with Crippen molar-refractivity contribution in [1.82, 2.24) is 0 Å². The normalized spacial score (nSPS) is 9.38. The van der Waals surface area contributed by atoms with Crippen molar-refractivity contribution in [2.75, 3.05) is 7.11 Å². The van der Waals surface area contributed by atoms with E-state index in [1.165, 1.54) is 7.11 Å². The summed E-state index contributed by atoms with van der Waals surface area (Å²) in [5.74, 6) is -0.345. The van der Waals surface area contributed by atoms with Gasteiger partial charge in [0.25, 0.3) is 0 Å².